The van der Waals surface area contributed by atoms with Crippen LogP contribution in [0.5, 0.6) is 5.75 Å². The van der Waals surface area contributed by atoms with Crippen molar-refractivity contribution in [3.63, 3.8) is 0 Å². The summed E-state index contributed by atoms with van der Waals surface area (Å²) in [6.07, 6.45) is 4.02. The number of aliphatic hydroxyl groups excluding tert-OH is 1. The van der Waals surface area contributed by atoms with Gasteiger partial charge in [-0.2, -0.15) is 0 Å². The summed E-state index contributed by atoms with van der Waals surface area (Å²) >= 11 is 0. The van der Waals surface area contributed by atoms with E-state index >= 15 is 0 Å². The van der Waals surface area contributed by atoms with Crippen LogP contribution in [0.25, 0.3) is 0 Å². The predicted molar refractivity (Wildman–Crippen MR) is 108 cm³/mol. The average Bonchev–Trinajstić information content (AvgIpc) is 2.71. The van der Waals surface area contributed by atoms with Gasteiger partial charge in [0.2, 0.25) is 0 Å². The molecule has 0 radical (unpaired) electrons. The average molecular weight is 405 g/mol. The van der Waals surface area contributed by atoms with E-state index in [1.54, 1.807) is 13.0 Å². The lowest BCUT2D eigenvalue weighted by Crippen LogP contribution is -2.64. The molecule has 0 aromatic heterocycles. The highest BCUT2D eigenvalue weighted by Gasteiger charge is 2.49. The van der Waals surface area contributed by atoms with Crippen LogP contribution >= 0.6 is 0 Å². The topological polar surface area (TPSA) is 91.3 Å². The molecule has 29 heavy (non-hydrogen) atoms. The lowest BCUT2D eigenvalue weighted by molar-refractivity contribution is -0.186. The van der Waals surface area contributed by atoms with Gasteiger partial charge in [0.1, 0.15) is 5.75 Å². The molecule has 3 aliphatic heterocycles. The van der Waals surface area contributed by atoms with E-state index in [4.69, 9.17) is 14.6 Å². The monoisotopic (exact) mass is 404 g/mol. The van der Waals surface area contributed by atoms with E-state index in [0.29, 0.717) is 25.1 Å². The van der Waals surface area contributed by atoms with Crippen molar-refractivity contribution in [3.8, 4) is 5.75 Å². The first-order valence-corrected chi connectivity index (χ1v) is 10.7. The van der Waals surface area contributed by atoms with Gasteiger partial charge in [-0.15, -0.1) is 0 Å². The van der Waals surface area contributed by atoms with Crippen LogP contribution < -0.4 is 10.1 Å². The standard InChI is InChI=1S/C22H32N2O5/c1-21(27)15-22(6-8-24(9-7-22)10-11-25)29-14-19(21)23-20(26)17-4-5-18-16(13-17)3-2-12-28-18/h4-5,13,19,25,27H,2-3,6-12,14-15H2,1H3,(H,23,26)/t19-,21-/m0/s1. The van der Waals surface area contributed by atoms with Gasteiger partial charge in [0.25, 0.3) is 5.91 Å². The number of hydrogen-bond donors (Lipinski definition) is 3. The number of amides is 1. The van der Waals surface area contributed by atoms with Crippen molar-refractivity contribution in [1.29, 1.82) is 0 Å². The number of carbonyl (C=O) groups excluding carboxylic acids is 1. The predicted octanol–water partition coefficient (Wildman–Crippen LogP) is 1.11. The lowest BCUT2D eigenvalue weighted by Gasteiger charge is -2.51. The molecule has 1 aromatic rings. The number of aryl methyl sites for hydroxylation is 1. The van der Waals surface area contributed by atoms with Crippen molar-refractivity contribution in [3.05, 3.63) is 29.3 Å². The summed E-state index contributed by atoms with van der Waals surface area (Å²) < 4.78 is 11.8. The Bertz CT molecular complexity index is 743. The van der Waals surface area contributed by atoms with E-state index in [-0.39, 0.29) is 18.1 Å². The molecule has 2 atom stereocenters. The van der Waals surface area contributed by atoms with Crippen LogP contribution in [0.3, 0.4) is 0 Å². The number of carbonyl (C=O) groups is 1. The molecule has 3 N–H and O–H groups in total. The number of nitrogens with one attached hydrogen (secondary N) is 1. The molecule has 1 amide bonds. The van der Waals surface area contributed by atoms with Gasteiger partial charge < -0.3 is 29.9 Å². The van der Waals surface area contributed by atoms with Crippen molar-refractivity contribution < 1.29 is 24.5 Å². The second-order valence-electron chi connectivity index (χ2n) is 8.89. The molecule has 0 aliphatic carbocycles. The minimum atomic E-state index is -1.04. The molecule has 2 saturated heterocycles. The zero-order chi connectivity index (χ0) is 20.5. The first-order chi connectivity index (χ1) is 13.9. The van der Waals surface area contributed by atoms with E-state index in [1.807, 2.05) is 12.1 Å². The normalized spacial score (nSPS) is 29.1. The molecular weight excluding hydrogens is 372 g/mol. The number of piperidine rings is 1. The Morgan fingerprint density at radius 1 is 1.34 bits per heavy atom. The zero-order valence-electron chi connectivity index (χ0n) is 17.2. The number of fused-ring (bicyclic) bond motifs is 1. The Labute approximate surface area is 172 Å². The highest BCUT2D eigenvalue weighted by Crippen LogP contribution is 2.39. The number of ether oxygens (including phenoxy) is 2. The molecule has 3 heterocycles. The minimum Gasteiger partial charge on any atom is -0.493 e. The van der Waals surface area contributed by atoms with Gasteiger partial charge >= 0.3 is 0 Å². The summed E-state index contributed by atoms with van der Waals surface area (Å²) in [5.41, 5.74) is 0.260. The Balaban J connectivity index is 1.38. The molecule has 1 spiro atoms. The molecule has 160 valence electrons. The van der Waals surface area contributed by atoms with Crippen molar-refractivity contribution in [2.45, 2.75) is 56.3 Å². The Morgan fingerprint density at radius 2 is 2.14 bits per heavy atom. The summed E-state index contributed by atoms with van der Waals surface area (Å²) in [6.45, 7) is 5.36. The molecule has 3 aliphatic rings. The molecule has 2 fully saturated rings. The van der Waals surface area contributed by atoms with Crippen LogP contribution in [0.4, 0.5) is 0 Å². The lowest BCUT2D eigenvalue weighted by atomic mass is 9.75. The van der Waals surface area contributed by atoms with Gasteiger partial charge in [-0.1, -0.05) is 0 Å². The smallest absolute Gasteiger partial charge is 0.251 e. The number of likely N-dealkylation sites (tertiary alicyclic amines) is 1. The number of hydrogen-bond acceptors (Lipinski definition) is 6. The third kappa shape index (κ3) is 4.43. The molecule has 7 heteroatoms. The van der Waals surface area contributed by atoms with Crippen LogP contribution in [0.15, 0.2) is 18.2 Å². The highest BCUT2D eigenvalue weighted by molar-refractivity contribution is 5.95. The highest BCUT2D eigenvalue weighted by atomic mass is 16.5. The fourth-order valence-electron chi connectivity index (χ4n) is 4.85. The van der Waals surface area contributed by atoms with E-state index in [9.17, 15) is 9.90 Å². The number of nitrogens with zero attached hydrogens (tertiary/aromatic N) is 1. The number of benzene rings is 1. The van der Waals surface area contributed by atoms with Gasteiger partial charge in [-0.3, -0.25) is 4.79 Å². The molecular formula is C22H32N2O5. The van der Waals surface area contributed by atoms with Crippen molar-refractivity contribution >= 4 is 5.91 Å². The van der Waals surface area contributed by atoms with Crippen molar-refractivity contribution in [2.24, 2.45) is 0 Å². The van der Waals surface area contributed by atoms with E-state index in [0.717, 1.165) is 56.7 Å². The molecule has 1 aromatic carbocycles. The Kier molecular flexibility index (Phi) is 5.84. The first kappa shape index (κ1) is 20.6. The summed E-state index contributed by atoms with van der Waals surface area (Å²) in [5, 5.41) is 23.2. The van der Waals surface area contributed by atoms with E-state index in [1.165, 1.54) is 0 Å². The largest absolute Gasteiger partial charge is 0.493 e. The van der Waals surface area contributed by atoms with Gasteiger partial charge in [0.15, 0.2) is 0 Å². The summed E-state index contributed by atoms with van der Waals surface area (Å²) in [6, 6.07) is 5.06. The molecule has 0 saturated carbocycles. The van der Waals surface area contributed by atoms with E-state index < -0.39 is 11.6 Å². The van der Waals surface area contributed by atoms with Crippen LogP contribution in [-0.4, -0.2) is 77.7 Å². The Morgan fingerprint density at radius 3 is 2.86 bits per heavy atom. The Hall–Kier alpha value is -1.67. The third-order valence-corrected chi connectivity index (χ3v) is 6.65. The van der Waals surface area contributed by atoms with Crippen LogP contribution in [0.2, 0.25) is 0 Å². The zero-order valence-corrected chi connectivity index (χ0v) is 17.2. The second kappa shape index (κ2) is 8.22. The summed E-state index contributed by atoms with van der Waals surface area (Å²) in [7, 11) is 0. The molecule has 0 unspecified atom stereocenters. The van der Waals surface area contributed by atoms with Gasteiger partial charge in [0, 0.05) is 31.6 Å². The fraction of sp³-hybridized carbons (Fsp3) is 0.682. The molecule has 4 rings (SSSR count). The maximum atomic E-state index is 12.8. The van der Waals surface area contributed by atoms with Crippen LogP contribution in [0, 0.1) is 0 Å². The molecule has 0 bridgehead atoms. The van der Waals surface area contributed by atoms with Crippen LogP contribution in [0.1, 0.15) is 48.5 Å². The van der Waals surface area contributed by atoms with Crippen LogP contribution in [-0.2, 0) is 11.2 Å². The number of aliphatic hydroxyl groups is 2. The van der Waals surface area contributed by atoms with Gasteiger partial charge in [-0.05, 0) is 56.4 Å². The molecule has 7 nitrogen and oxygen atoms in total. The quantitative estimate of drug-likeness (QED) is 0.696. The van der Waals surface area contributed by atoms with Gasteiger partial charge in [0.05, 0.1) is 37.1 Å². The third-order valence-electron chi connectivity index (χ3n) is 6.65. The van der Waals surface area contributed by atoms with Gasteiger partial charge in [-0.25, -0.2) is 0 Å². The van der Waals surface area contributed by atoms with Crippen molar-refractivity contribution in [2.75, 3.05) is 39.5 Å². The summed E-state index contributed by atoms with van der Waals surface area (Å²) in [5.74, 6) is 0.663. The SMILES string of the molecule is C[C@]1(O)CC2(CCN(CCO)CC2)OC[C@@H]1NC(=O)c1ccc2c(c1)CCCO2. The maximum Gasteiger partial charge on any atom is 0.251 e. The second-order valence-corrected chi connectivity index (χ2v) is 8.89. The van der Waals surface area contributed by atoms with Crippen molar-refractivity contribution in [1.82, 2.24) is 10.2 Å². The van der Waals surface area contributed by atoms with E-state index in [2.05, 4.69) is 10.2 Å². The number of β-amino-alcohol motifs (C(OH)–C–C–N with tert-alkyl or cyclic N) is 1. The first-order valence-electron chi connectivity index (χ1n) is 10.7. The fourth-order valence-corrected chi connectivity index (χ4v) is 4.85. The minimum absolute atomic E-state index is 0.161. The number of rotatable bonds is 4. The summed E-state index contributed by atoms with van der Waals surface area (Å²) in [4.78, 5) is 15.0. The maximum absolute atomic E-state index is 12.8.